The number of hydrogen-bond donors (Lipinski definition) is 0. The van der Waals surface area contributed by atoms with Gasteiger partial charge in [0.05, 0.1) is 5.69 Å². The van der Waals surface area contributed by atoms with Crippen molar-refractivity contribution in [3.8, 4) is 6.07 Å². The van der Waals surface area contributed by atoms with Crippen molar-refractivity contribution in [3.63, 3.8) is 0 Å². The summed E-state index contributed by atoms with van der Waals surface area (Å²) in [7, 11) is 0. The first-order chi connectivity index (χ1) is 11.1. The molecule has 0 spiro atoms. The van der Waals surface area contributed by atoms with Crippen molar-refractivity contribution >= 4 is 27.9 Å². The molecule has 0 atom stereocenters. The van der Waals surface area contributed by atoms with E-state index in [1.54, 1.807) is 23.1 Å². The van der Waals surface area contributed by atoms with Crippen molar-refractivity contribution in [2.45, 2.75) is 40.0 Å². The van der Waals surface area contributed by atoms with Gasteiger partial charge < -0.3 is 4.90 Å². The van der Waals surface area contributed by atoms with Crippen LogP contribution in [0.4, 0.5) is 0 Å². The number of aromatic nitrogens is 1. The fourth-order valence-corrected chi connectivity index (χ4v) is 2.87. The highest BCUT2D eigenvalue weighted by Gasteiger charge is 2.24. The van der Waals surface area contributed by atoms with Crippen LogP contribution < -0.4 is 0 Å². The second kappa shape index (κ2) is 10.2. The highest BCUT2D eigenvalue weighted by atomic mass is 79.9. The molecule has 0 saturated carbocycles. The second-order valence-corrected chi connectivity index (χ2v) is 6.01. The summed E-state index contributed by atoms with van der Waals surface area (Å²) in [6.07, 6.45) is 4.76. The maximum absolute atomic E-state index is 12.4. The molecule has 1 fully saturated rings. The van der Waals surface area contributed by atoms with Crippen LogP contribution in [0.1, 0.15) is 45.7 Å². The van der Waals surface area contributed by atoms with Gasteiger partial charge in [0.1, 0.15) is 16.2 Å². The maximum Gasteiger partial charge on any atom is 0.264 e. The van der Waals surface area contributed by atoms with E-state index in [1.807, 2.05) is 26.0 Å². The molecule has 23 heavy (non-hydrogen) atoms. The number of rotatable bonds is 3. The second-order valence-electron chi connectivity index (χ2n) is 5.20. The number of likely N-dealkylation sites (tertiary alicyclic amines) is 1. The first-order valence-corrected chi connectivity index (χ1v) is 8.97. The Balaban J connectivity index is 0.00000127. The molecule has 1 aromatic rings. The van der Waals surface area contributed by atoms with E-state index in [1.165, 1.54) is 0 Å². The van der Waals surface area contributed by atoms with Crippen LogP contribution >= 0.6 is 15.9 Å². The number of amides is 1. The van der Waals surface area contributed by atoms with Crippen LogP contribution in [-0.2, 0) is 4.79 Å². The van der Waals surface area contributed by atoms with E-state index in [4.69, 9.17) is 0 Å². The Hall–Kier alpha value is -1.67. The first-order valence-electron chi connectivity index (χ1n) is 8.17. The van der Waals surface area contributed by atoms with Crippen LogP contribution in [0.5, 0.6) is 0 Å². The Labute approximate surface area is 147 Å². The first kappa shape index (κ1) is 19.4. The average molecular weight is 378 g/mol. The molecule has 1 aromatic heterocycles. The lowest BCUT2D eigenvalue weighted by atomic mass is 9.94. The molecule has 1 saturated heterocycles. The van der Waals surface area contributed by atoms with Gasteiger partial charge in [-0.05, 0) is 52.9 Å². The molecule has 0 N–H and O–H groups in total. The summed E-state index contributed by atoms with van der Waals surface area (Å²) < 4.78 is 0.685. The van der Waals surface area contributed by atoms with Crippen LogP contribution in [0.15, 0.2) is 28.4 Å². The molecule has 0 aliphatic carbocycles. The summed E-state index contributed by atoms with van der Waals surface area (Å²) in [5.41, 5.74) is 0.758. The Morgan fingerprint density at radius 3 is 2.61 bits per heavy atom. The van der Waals surface area contributed by atoms with Crippen LogP contribution in [-0.4, -0.2) is 28.9 Å². The number of carbonyl (C=O) groups excluding carboxylic acids is 1. The van der Waals surface area contributed by atoms with Gasteiger partial charge in [0.15, 0.2) is 0 Å². The van der Waals surface area contributed by atoms with Gasteiger partial charge in [-0.15, -0.1) is 0 Å². The quantitative estimate of drug-likeness (QED) is 0.444. The molecule has 4 nitrogen and oxygen atoms in total. The fourth-order valence-electron chi connectivity index (χ4n) is 2.51. The zero-order valence-electron chi connectivity index (χ0n) is 14.1. The Morgan fingerprint density at radius 1 is 1.43 bits per heavy atom. The van der Waals surface area contributed by atoms with E-state index in [0.29, 0.717) is 16.2 Å². The van der Waals surface area contributed by atoms with Crippen LogP contribution in [0, 0.1) is 17.2 Å². The lowest BCUT2D eigenvalue weighted by molar-refractivity contribution is -0.128. The third kappa shape index (κ3) is 5.80. The number of hydrogen-bond acceptors (Lipinski definition) is 3. The molecule has 124 valence electrons. The van der Waals surface area contributed by atoms with Gasteiger partial charge in [0, 0.05) is 13.1 Å². The van der Waals surface area contributed by atoms with Gasteiger partial charge in [0.25, 0.3) is 5.91 Å². The SMILES string of the molecule is CC.CCC1CCN(C(=O)/C(C#N)=C/c2cccc(Br)n2)CC1. The third-order valence-corrected chi connectivity index (χ3v) is 4.30. The van der Waals surface area contributed by atoms with Crippen molar-refractivity contribution in [3.05, 3.63) is 34.1 Å². The van der Waals surface area contributed by atoms with E-state index in [2.05, 4.69) is 27.8 Å². The standard InChI is InChI=1S/C16H18BrN3O.C2H6/c1-2-12-6-8-20(9-7-12)16(21)13(11-18)10-14-4-3-5-15(17)19-14;1-2/h3-5,10,12H,2,6-9H2,1H3;1-2H3/b13-10+;. The summed E-state index contributed by atoms with van der Waals surface area (Å²) >= 11 is 3.28. The molecule has 1 amide bonds. The number of piperidine rings is 1. The average Bonchev–Trinajstić information content (AvgIpc) is 2.61. The molecule has 2 rings (SSSR count). The molecular weight excluding hydrogens is 354 g/mol. The minimum Gasteiger partial charge on any atom is -0.338 e. The summed E-state index contributed by atoms with van der Waals surface area (Å²) in [4.78, 5) is 18.4. The van der Waals surface area contributed by atoms with Crippen molar-refractivity contribution in [2.75, 3.05) is 13.1 Å². The minimum absolute atomic E-state index is 0.149. The van der Waals surface area contributed by atoms with E-state index in [9.17, 15) is 10.1 Å². The molecule has 2 heterocycles. The topological polar surface area (TPSA) is 57.0 Å². The van der Waals surface area contributed by atoms with Gasteiger partial charge in [-0.25, -0.2) is 4.98 Å². The number of halogens is 1. The monoisotopic (exact) mass is 377 g/mol. The molecular formula is C18H24BrN3O. The zero-order chi connectivity index (χ0) is 17.2. The van der Waals surface area contributed by atoms with Gasteiger partial charge in [0.2, 0.25) is 0 Å². The Bertz CT molecular complexity index is 584. The largest absolute Gasteiger partial charge is 0.338 e. The Kier molecular flexibility index (Phi) is 8.57. The summed E-state index contributed by atoms with van der Waals surface area (Å²) in [6.45, 7) is 7.66. The highest BCUT2D eigenvalue weighted by molar-refractivity contribution is 9.10. The molecule has 5 heteroatoms. The predicted octanol–water partition coefficient (Wildman–Crippen LogP) is 4.43. The van der Waals surface area contributed by atoms with Crippen molar-refractivity contribution < 1.29 is 4.79 Å². The van der Waals surface area contributed by atoms with Crippen molar-refractivity contribution in [1.82, 2.24) is 9.88 Å². The molecule has 1 aliphatic rings. The number of nitriles is 1. The molecule has 0 aromatic carbocycles. The van der Waals surface area contributed by atoms with Crippen molar-refractivity contribution in [2.24, 2.45) is 5.92 Å². The summed E-state index contributed by atoms with van der Waals surface area (Å²) in [5.74, 6) is 0.518. The van der Waals surface area contributed by atoms with Gasteiger partial charge in [-0.3, -0.25) is 4.79 Å². The minimum atomic E-state index is -0.186. The molecule has 0 radical (unpaired) electrons. The Morgan fingerprint density at radius 2 is 2.09 bits per heavy atom. The normalized spacial score (nSPS) is 15.4. The number of nitrogens with zero attached hydrogens (tertiary/aromatic N) is 3. The van der Waals surface area contributed by atoms with Gasteiger partial charge in [-0.1, -0.05) is 33.3 Å². The summed E-state index contributed by atoms with van der Waals surface area (Å²) in [6, 6.07) is 7.42. The maximum atomic E-state index is 12.4. The van der Waals surface area contributed by atoms with Gasteiger partial charge >= 0.3 is 0 Å². The van der Waals surface area contributed by atoms with Crippen LogP contribution in [0.25, 0.3) is 6.08 Å². The fraction of sp³-hybridized carbons (Fsp3) is 0.500. The smallest absolute Gasteiger partial charge is 0.264 e. The lowest BCUT2D eigenvalue weighted by Crippen LogP contribution is -2.38. The lowest BCUT2D eigenvalue weighted by Gasteiger charge is -2.31. The highest BCUT2D eigenvalue weighted by Crippen LogP contribution is 2.21. The number of pyridine rings is 1. The molecule has 1 aliphatic heterocycles. The molecule has 0 unspecified atom stereocenters. The van der Waals surface area contributed by atoms with E-state index < -0.39 is 0 Å². The van der Waals surface area contributed by atoms with E-state index >= 15 is 0 Å². The van der Waals surface area contributed by atoms with E-state index in [0.717, 1.165) is 32.4 Å². The van der Waals surface area contributed by atoms with Crippen LogP contribution in [0.2, 0.25) is 0 Å². The molecule has 0 bridgehead atoms. The third-order valence-electron chi connectivity index (χ3n) is 3.86. The van der Waals surface area contributed by atoms with Gasteiger partial charge in [-0.2, -0.15) is 5.26 Å². The van der Waals surface area contributed by atoms with E-state index in [-0.39, 0.29) is 11.5 Å². The summed E-state index contributed by atoms with van der Waals surface area (Å²) in [5, 5.41) is 9.25. The zero-order valence-corrected chi connectivity index (χ0v) is 15.6. The number of carbonyl (C=O) groups is 1. The van der Waals surface area contributed by atoms with Crippen LogP contribution in [0.3, 0.4) is 0 Å². The predicted molar refractivity (Wildman–Crippen MR) is 96.5 cm³/mol. The van der Waals surface area contributed by atoms with Crippen molar-refractivity contribution in [1.29, 1.82) is 5.26 Å².